The van der Waals surface area contributed by atoms with Gasteiger partial charge < -0.3 is 11.1 Å². The Labute approximate surface area is 118 Å². The maximum absolute atomic E-state index is 5.89. The number of nitrogens with zero attached hydrogens (tertiary/aromatic N) is 1. The molecule has 0 aromatic carbocycles. The summed E-state index contributed by atoms with van der Waals surface area (Å²) in [6, 6.07) is 0.580. The van der Waals surface area contributed by atoms with E-state index in [2.05, 4.69) is 22.9 Å². The molecule has 1 saturated carbocycles. The zero-order valence-corrected chi connectivity index (χ0v) is 12.9. The molecule has 0 amide bonds. The van der Waals surface area contributed by atoms with Gasteiger partial charge in [0.05, 0.1) is 4.90 Å². The molecular weight excluding hydrogens is 262 g/mol. The van der Waals surface area contributed by atoms with Crippen LogP contribution in [-0.2, 0) is 0 Å². The summed E-state index contributed by atoms with van der Waals surface area (Å²) in [6.45, 7) is 2.27. The Morgan fingerprint density at radius 2 is 2.17 bits per heavy atom. The normalized spacial score (nSPS) is 18.8. The Kier molecular flexibility index (Phi) is 5.18. The summed E-state index contributed by atoms with van der Waals surface area (Å²) in [4.78, 5) is 1.12. The van der Waals surface area contributed by atoms with Crippen molar-refractivity contribution in [1.29, 1.82) is 0 Å². The summed E-state index contributed by atoms with van der Waals surface area (Å²) in [5.74, 6) is 1.50. The largest absolute Gasteiger partial charge is 0.382 e. The number of rotatable bonds is 5. The van der Waals surface area contributed by atoms with Crippen LogP contribution in [-0.4, -0.2) is 16.7 Å². The molecule has 0 bridgehead atoms. The molecular formula is C13H23N3S2. The number of nitrogens with one attached hydrogen (secondary N) is 1. The molecule has 0 saturated heterocycles. The van der Waals surface area contributed by atoms with Crippen LogP contribution in [0, 0.1) is 5.92 Å². The van der Waals surface area contributed by atoms with Gasteiger partial charge in [-0.1, -0.05) is 26.2 Å². The molecule has 18 heavy (non-hydrogen) atoms. The van der Waals surface area contributed by atoms with Gasteiger partial charge in [0, 0.05) is 6.04 Å². The van der Waals surface area contributed by atoms with Gasteiger partial charge in [-0.3, -0.25) is 0 Å². The molecule has 1 fully saturated rings. The van der Waals surface area contributed by atoms with Crippen LogP contribution < -0.4 is 11.1 Å². The van der Waals surface area contributed by atoms with E-state index < -0.39 is 0 Å². The smallest absolute Gasteiger partial charge is 0.153 e. The van der Waals surface area contributed by atoms with E-state index in [1.807, 2.05) is 0 Å². The van der Waals surface area contributed by atoms with Crippen molar-refractivity contribution in [3.05, 3.63) is 0 Å². The molecule has 2 rings (SSSR count). The summed E-state index contributed by atoms with van der Waals surface area (Å²) >= 11 is 3.19. The fourth-order valence-corrected chi connectivity index (χ4v) is 4.43. The van der Waals surface area contributed by atoms with Crippen LogP contribution in [0.4, 0.5) is 10.8 Å². The molecule has 5 heteroatoms. The van der Waals surface area contributed by atoms with Crippen LogP contribution >= 0.6 is 23.3 Å². The van der Waals surface area contributed by atoms with E-state index in [0.717, 1.165) is 15.8 Å². The molecule has 1 heterocycles. The van der Waals surface area contributed by atoms with E-state index in [1.54, 1.807) is 11.8 Å². The lowest BCUT2D eigenvalue weighted by molar-refractivity contribution is 0.313. The highest BCUT2D eigenvalue weighted by molar-refractivity contribution is 7.99. The van der Waals surface area contributed by atoms with Gasteiger partial charge in [-0.2, -0.15) is 4.37 Å². The topological polar surface area (TPSA) is 50.9 Å². The molecule has 0 spiro atoms. The van der Waals surface area contributed by atoms with Crippen molar-refractivity contribution in [1.82, 2.24) is 4.37 Å². The third-order valence-electron chi connectivity index (χ3n) is 3.85. The van der Waals surface area contributed by atoms with Crippen molar-refractivity contribution in [2.24, 2.45) is 5.92 Å². The van der Waals surface area contributed by atoms with Crippen LogP contribution in [0.5, 0.6) is 0 Å². The highest BCUT2D eigenvalue weighted by Gasteiger charge is 2.24. The second kappa shape index (κ2) is 6.66. The van der Waals surface area contributed by atoms with Crippen LogP contribution in [0.15, 0.2) is 4.90 Å². The van der Waals surface area contributed by atoms with Gasteiger partial charge in [0.1, 0.15) is 5.00 Å². The second-order valence-electron chi connectivity index (χ2n) is 4.99. The number of anilines is 2. The standard InChI is InChI=1S/C13H23N3S2/c1-3-10(9-7-5-4-6-8-9)15-13-11(17-2)12(14)16-18-13/h9-10,15H,3-8H2,1-2H3,(H2,14,16). The Bertz CT molecular complexity index is 372. The summed E-state index contributed by atoms with van der Waals surface area (Å²) in [5, 5.41) is 4.86. The van der Waals surface area contributed by atoms with Crippen molar-refractivity contribution in [3.8, 4) is 0 Å². The fourth-order valence-electron chi connectivity index (χ4n) is 2.84. The Morgan fingerprint density at radius 3 is 2.78 bits per heavy atom. The molecule has 1 atom stereocenters. The van der Waals surface area contributed by atoms with Crippen molar-refractivity contribution < 1.29 is 0 Å². The molecule has 1 aromatic rings. The number of aromatic nitrogens is 1. The van der Waals surface area contributed by atoms with E-state index in [9.17, 15) is 0 Å². The van der Waals surface area contributed by atoms with E-state index in [-0.39, 0.29) is 0 Å². The first-order valence-corrected chi connectivity index (χ1v) is 8.81. The second-order valence-corrected chi connectivity index (χ2v) is 6.58. The Morgan fingerprint density at radius 1 is 1.44 bits per heavy atom. The zero-order chi connectivity index (χ0) is 13.0. The number of hydrogen-bond donors (Lipinski definition) is 2. The first kappa shape index (κ1) is 14.0. The number of thioether (sulfide) groups is 1. The van der Waals surface area contributed by atoms with Crippen LogP contribution in [0.25, 0.3) is 0 Å². The minimum atomic E-state index is 0.580. The predicted molar refractivity (Wildman–Crippen MR) is 82.6 cm³/mol. The quantitative estimate of drug-likeness (QED) is 0.795. The molecule has 0 aliphatic heterocycles. The summed E-state index contributed by atoms with van der Waals surface area (Å²) in [5.41, 5.74) is 5.89. The first-order valence-electron chi connectivity index (χ1n) is 6.82. The Balaban J connectivity index is 2.04. The van der Waals surface area contributed by atoms with Crippen molar-refractivity contribution in [2.75, 3.05) is 17.3 Å². The predicted octanol–water partition coefficient (Wildman–Crippen LogP) is 4.22. The van der Waals surface area contributed by atoms with Gasteiger partial charge in [-0.05, 0) is 43.0 Å². The van der Waals surface area contributed by atoms with Crippen LogP contribution in [0.3, 0.4) is 0 Å². The fraction of sp³-hybridized carbons (Fsp3) is 0.769. The monoisotopic (exact) mass is 285 g/mol. The molecule has 1 unspecified atom stereocenters. The molecule has 1 aromatic heterocycles. The third-order valence-corrected chi connectivity index (χ3v) is 5.60. The van der Waals surface area contributed by atoms with Gasteiger partial charge >= 0.3 is 0 Å². The van der Waals surface area contributed by atoms with Crippen molar-refractivity contribution in [2.45, 2.75) is 56.4 Å². The number of nitrogens with two attached hydrogens (primary N) is 1. The molecule has 3 nitrogen and oxygen atoms in total. The number of nitrogen functional groups attached to an aromatic ring is 1. The summed E-state index contributed by atoms with van der Waals surface area (Å²) in [6.07, 6.45) is 10.2. The summed E-state index contributed by atoms with van der Waals surface area (Å²) < 4.78 is 4.26. The number of hydrogen-bond acceptors (Lipinski definition) is 5. The average molecular weight is 285 g/mol. The minimum absolute atomic E-state index is 0.580. The average Bonchev–Trinajstić information content (AvgIpc) is 2.77. The molecule has 3 N–H and O–H groups in total. The first-order chi connectivity index (χ1) is 8.76. The van der Waals surface area contributed by atoms with Crippen LogP contribution in [0.2, 0.25) is 0 Å². The van der Waals surface area contributed by atoms with E-state index in [4.69, 9.17) is 5.73 Å². The summed E-state index contributed by atoms with van der Waals surface area (Å²) in [7, 11) is 0. The van der Waals surface area contributed by atoms with Crippen molar-refractivity contribution in [3.63, 3.8) is 0 Å². The highest BCUT2D eigenvalue weighted by Crippen LogP contribution is 2.37. The lowest BCUT2D eigenvalue weighted by atomic mass is 9.83. The van der Waals surface area contributed by atoms with Gasteiger partial charge in [-0.25, -0.2) is 0 Å². The van der Waals surface area contributed by atoms with Crippen molar-refractivity contribution >= 4 is 34.1 Å². The third kappa shape index (κ3) is 3.12. The molecule has 0 radical (unpaired) electrons. The van der Waals surface area contributed by atoms with Crippen LogP contribution in [0.1, 0.15) is 45.4 Å². The van der Waals surface area contributed by atoms with Gasteiger partial charge in [0.25, 0.3) is 0 Å². The molecule has 1 aliphatic carbocycles. The van der Waals surface area contributed by atoms with Gasteiger partial charge in [0.2, 0.25) is 0 Å². The van der Waals surface area contributed by atoms with Gasteiger partial charge in [-0.15, -0.1) is 11.8 Å². The molecule has 102 valence electrons. The SMILES string of the molecule is CCC(Nc1snc(N)c1SC)C1CCCCC1. The molecule has 1 aliphatic rings. The zero-order valence-electron chi connectivity index (χ0n) is 11.2. The minimum Gasteiger partial charge on any atom is -0.382 e. The lowest BCUT2D eigenvalue weighted by Crippen LogP contribution is -2.29. The highest BCUT2D eigenvalue weighted by atomic mass is 32.2. The maximum Gasteiger partial charge on any atom is 0.153 e. The lowest BCUT2D eigenvalue weighted by Gasteiger charge is -2.30. The van der Waals surface area contributed by atoms with E-state index in [0.29, 0.717) is 11.9 Å². The van der Waals surface area contributed by atoms with E-state index in [1.165, 1.54) is 50.1 Å². The maximum atomic E-state index is 5.89. The Hall–Kier alpha value is -0.420. The van der Waals surface area contributed by atoms with Gasteiger partial charge in [0.15, 0.2) is 5.82 Å². The van der Waals surface area contributed by atoms with E-state index >= 15 is 0 Å².